The smallest absolute Gasteiger partial charge is 0.120 e. The van der Waals surface area contributed by atoms with Crippen LogP contribution in [0.4, 0.5) is 11.4 Å². The molecule has 0 radical (unpaired) electrons. The van der Waals surface area contributed by atoms with Gasteiger partial charge in [-0.2, -0.15) is 5.26 Å². The first-order valence-corrected chi connectivity index (χ1v) is 9.26. The standard InChI is InChI=1S/C20H17N3OS/c1-2-12-3-4-14(9-17(12)24)23-20-13(10-21)11-22-16-5-6-18-15(19(16)20)7-8-25-18/h3-6,9,11,24H,2,7-8H2,1H3,(H,22,23). The number of rotatable bonds is 3. The molecule has 0 fully saturated rings. The second kappa shape index (κ2) is 6.30. The van der Waals surface area contributed by atoms with Gasteiger partial charge in [0.15, 0.2) is 0 Å². The molecule has 0 bridgehead atoms. The fourth-order valence-electron chi connectivity index (χ4n) is 3.28. The molecule has 4 nitrogen and oxygen atoms in total. The molecule has 0 spiro atoms. The van der Waals surface area contributed by atoms with Crippen LogP contribution in [0.15, 0.2) is 41.4 Å². The molecule has 0 amide bonds. The van der Waals surface area contributed by atoms with Crippen molar-refractivity contribution in [1.82, 2.24) is 4.98 Å². The third-order valence-electron chi connectivity index (χ3n) is 4.57. The molecule has 0 saturated heterocycles. The number of benzene rings is 2. The number of thioether (sulfide) groups is 1. The van der Waals surface area contributed by atoms with Crippen LogP contribution in [-0.4, -0.2) is 15.8 Å². The maximum Gasteiger partial charge on any atom is 0.120 e. The van der Waals surface area contributed by atoms with Gasteiger partial charge in [0.2, 0.25) is 0 Å². The molecule has 0 aliphatic carbocycles. The number of nitrogens with zero attached hydrogens (tertiary/aromatic N) is 2. The molecule has 0 atom stereocenters. The molecule has 5 heteroatoms. The average Bonchev–Trinajstić information content (AvgIpc) is 3.10. The number of aromatic hydroxyl groups is 1. The average molecular weight is 347 g/mol. The molecule has 4 rings (SSSR count). The fraction of sp³-hybridized carbons (Fsp3) is 0.200. The quantitative estimate of drug-likeness (QED) is 0.714. The van der Waals surface area contributed by atoms with Gasteiger partial charge in [0, 0.05) is 34.0 Å². The van der Waals surface area contributed by atoms with Gasteiger partial charge >= 0.3 is 0 Å². The van der Waals surface area contributed by atoms with Crippen LogP contribution in [0.1, 0.15) is 23.6 Å². The number of nitrogens with one attached hydrogen (secondary N) is 1. The van der Waals surface area contributed by atoms with Gasteiger partial charge in [0.25, 0.3) is 0 Å². The van der Waals surface area contributed by atoms with Crippen LogP contribution >= 0.6 is 11.8 Å². The summed E-state index contributed by atoms with van der Waals surface area (Å²) in [5, 5.41) is 24.1. The highest BCUT2D eigenvalue weighted by molar-refractivity contribution is 7.99. The van der Waals surface area contributed by atoms with E-state index in [1.807, 2.05) is 36.9 Å². The SMILES string of the molecule is CCc1ccc(Nc2c(C#N)cnc3ccc4c(c23)CCS4)cc1O. The maximum absolute atomic E-state index is 10.1. The Morgan fingerprint density at radius 2 is 2.20 bits per heavy atom. The Kier molecular flexibility index (Phi) is 3.98. The lowest BCUT2D eigenvalue weighted by atomic mass is 10.0. The number of pyridine rings is 1. The second-order valence-electron chi connectivity index (χ2n) is 6.02. The highest BCUT2D eigenvalue weighted by atomic mass is 32.2. The zero-order valence-electron chi connectivity index (χ0n) is 13.8. The third-order valence-corrected chi connectivity index (χ3v) is 5.67. The monoisotopic (exact) mass is 347 g/mol. The number of aromatic nitrogens is 1. The van der Waals surface area contributed by atoms with Crippen LogP contribution in [0.3, 0.4) is 0 Å². The first-order chi connectivity index (χ1) is 12.2. The predicted octanol–water partition coefficient (Wildman–Crippen LogP) is 4.77. The topological polar surface area (TPSA) is 68.9 Å². The first-order valence-electron chi connectivity index (χ1n) is 8.27. The van der Waals surface area contributed by atoms with Crippen molar-refractivity contribution in [2.45, 2.75) is 24.7 Å². The number of phenolic OH excluding ortho intramolecular Hbond substituents is 1. The summed E-state index contributed by atoms with van der Waals surface area (Å²) in [7, 11) is 0. The summed E-state index contributed by atoms with van der Waals surface area (Å²) in [4.78, 5) is 5.72. The number of anilines is 2. The Morgan fingerprint density at radius 1 is 1.32 bits per heavy atom. The molecule has 0 unspecified atom stereocenters. The minimum absolute atomic E-state index is 0.269. The molecule has 1 aliphatic heterocycles. The highest BCUT2D eigenvalue weighted by Gasteiger charge is 2.20. The van der Waals surface area contributed by atoms with Crippen LogP contribution in [0.2, 0.25) is 0 Å². The van der Waals surface area contributed by atoms with E-state index < -0.39 is 0 Å². The predicted molar refractivity (Wildman–Crippen MR) is 102 cm³/mol. The van der Waals surface area contributed by atoms with Gasteiger partial charge in [-0.05, 0) is 42.2 Å². The van der Waals surface area contributed by atoms with Crippen LogP contribution in [0.25, 0.3) is 10.9 Å². The van der Waals surface area contributed by atoms with E-state index in [9.17, 15) is 10.4 Å². The van der Waals surface area contributed by atoms with Gasteiger partial charge in [-0.25, -0.2) is 0 Å². The largest absolute Gasteiger partial charge is 0.508 e. The van der Waals surface area contributed by atoms with Gasteiger partial charge in [0.05, 0.1) is 16.8 Å². The van der Waals surface area contributed by atoms with E-state index in [0.717, 1.165) is 46.4 Å². The van der Waals surface area contributed by atoms with Gasteiger partial charge < -0.3 is 10.4 Å². The Labute approximate surface area is 150 Å². The highest BCUT2D eigenvalue weighted by Crippen LogP contribution is 2.40. The Hall–Kier alpha value is -2.71. The minimum Gasteiger partial charge on any atom is -0.508 e. The van der Waals surface area contributed by atoms with Gasteiger partial charge in [0.1, 0.15) is 11.8 Å². The van der Waals surface area contributed by atoms with E-state index in [-0.39, 0.29) is 5.75 Å². The molecule has 3 aromatic rings. The Morgan fingerprint density at radius 3 is 2.96 bits per heavy atom. The zero-order valence-corrected chi connectivity index (χ0v) is 14.7. The summed E-state index contributed by atoms with van der Waals surface area (Å²) in [6, 6.07) is 11.9. The molecule has 25 heavy (non-hydrogen) atoms. The van der Waals surface area contributed by atoms with E-state index in [2.05, 4.69) is 22.4 Å². The lowest BCUT2D eigenvalue weighted by molar-refractivity contribution is 0.469. The van der Waals surface area contributed by atoms with Crippen molar-refractivity contribution in [3.05, 3.63) is 53.2 Å². The van der Waals surface area contributed by atoms with Gasteiger partial charge in [-0.1, -0.05) is 13.0 Å². The van der Waals surface area contributed by atoms with Crippen LogP contribution in [0, 0.1) is 11.3 Å². The number of phenols is 1. The molecular formula is C20H17N3OS. The summed E-state index contributed by atoms with van der Waals surface area (Å²) in [5.74, 6) is 1.32. The summed E-state index contributed by atoms with van der Waals surface area (Å²) < 4.78 is 0. The molecule has 2 aromatic carbocycles. The van der Waals surface area contributed by atoms with Crippen molar-refractivity contribution in [2.75, 3.05) is 11.1 Å². The number of hydrogen-bond acceptors (Lipinski definition) is 5. The summed E-state index contributed by atoms with van der Waals surface area (Å²) in [5.41, 5.74) is 5.10. The van der Waals surface area contributed by atoms with Gasteiger partial charge in [-0.3, -0.25) is 4.98 Å². The third kappa shape index (κ3) is 2.69. The van der Waals surface area contributed by atoms with Crippen LogP contribution in [-0.2, 0) is 12.8 Å². The summed E-state index contributed by atoms with van der Waals surface area (Å²) in [6.45, 7) is 2.01. The van der Waals surface area contributed by atoms with Crippen molar-refractivity contribution in [3.8, 4) is 11.8 Å². The maximum atomic E-state index is 10.1. The van der Waals surface area contributed by atoms with E-state index in [0.29, 0.717) is 5.56 Å². The Balaban J connectivity index is 1.90. The van der Waals surface area contributed by atoms with Crippen molar-refractivity contribution >= 4 is 34.0 Å². The van der Waals surface area contributed by atoms with Crippen molar-refractivity contribution in [1.29, 1.82) is 5.26 Å². The number of aryl methyl sites for hydroxylation is 2. The zero-order chi connectivity index (χ0) is 17.4. The lowest BCUT2D eigenvalue weighted by Gasteiger charge is -2.15. The molecule has 2 heterocycles. The first kappa shape index (κ1) is 15.8. The molecule has 0 saturated carbocycles. The second-order valence-corrected chi connectivity index (χ2v) is 7.15. The van der Waals surface area contributed by atoms with E-state index in [4.69, 9.17) is 0 Å². The molecule has 1 aliphatic rings. The van der Waals surface area contributed by atoms with E-state index in [1.54, 1.807) is 12.3 Å². The molecule has 1 aromatic heterocycles. The van der Waals surface area contributed by atoms with Crippen molar-refractivity contribution in [3.63, 3.8) is 0 Å². The Bertz CT molecular complexity index is 1020. The number of nitriles is 1. The lowest BCUT2D eigenvalue weighted by Crippen LogP contribution is -1.99. The number of fused-ring (bicyclic) bond motifs is 3. The van der Waals surface area contributed by atoms with E-state index in [1.165, 1.54) is 10.5 Å². The van der Waals surface area contributed by atoms with Crippen LogP contribution < -0.4 is 5.32 Å². The van der Waals surface area contributed by atoms with E-state index >= 15 is 0 Å². The van der Waals surface area contributed by atoms with Crippen molar-refractivity contribution < 1.29 is 5.11 Å². The number of hydrogen-bond donors (Lipinski definition) is 2. The molecule has 124 valence electrons. The fourth-order valence-corrected chi connectivity index (χ4v) is 4.35. The van der Waals surface area contributed by atoms with Crippen LogP contribution in [0.5, 0.6) is 5.75 Å². The molecule has 2 N–H and O–H groups in total. The summed E-state index contributed by atoms with van der Waals surface area (Å²) in [6.07, 6.45) is 3.36. The summed E-state index contributed by atoms with van der Waals surface area (Å²) >= 11 is 1.84. The molecular weight excluding hydrogens is 330 g/mol. The van der Waals surface area contributed by atoms with Gasteiger partial charge in [-0.15, -0.1) is 11.8 Å². The minimum atomic E-state index is 0.269. The normalized spacial score (nSPS) is 12.8. The van der Waals surface area contributed by atoms with Crippen molar-refractivity contribution in [2.24, 2.45) is 0 Å².